The molecule has 0 unspecified atom stereocenters. The molecular weight excluding hydrogens is 244 g/mol. The number of phenolic OH excluding ortho intramolecular Hbond substituents is 1. The van der Waals surface area contributed by atoms with Gasteiger partial charge in [-0.05, 0) is 17.7 Å². The third kappa shape index (κ3) is 2.54. The fourth-order valence-electron chi connectivity index (χ4n) is 1.21. The highest BCUT2D eigenvalue weighted by atomic mass is 35.5. The molecule has 1 heterocycles. The zero-order chi connectivity index (χ0) is 12.3. The lowest BCUT2D eigenvalue weighted by Gasteiger charge is -2.05. The van der Waals surface area contributed by atoms with Crippen molar-refractivity contribution in [2.75, 3.05) is 7.11 Å². The lowest BCUT2D eigenvalue weighted by Crippen LogP contribution is -1.90. The summed E-state index contributed by atoms with van der Waals surface area (Å²) in [5.74, 6) is 0.207. The van der Waals surface area contributed by atoms with Gasteiger partial charge in [-0.25, -0.2) is 4.68 Å². The summed E-state index contributed by atoms with van der Waals surface area (Å²) in [6.07, 6.45) is 4.46. The molecule has 1 N–H and O–H groups in total. The molecule has 0 saturated carbocycles. The predicted octanol–water partition coefficient (Wildman–Crippen LogP) is 1.53. The quantitative estimate of drug-likeness (QED) is 0.841. The molecule has 0 amide bonds. The van der Waals surface area contributed by atoms with Crippen LogP contribution in [0.5, 0.6) is 11.5 Å². The van der Waals surface area contributed by atoms with Crippen molar-refractivity contribution in [1.82, 2.24) is 14.9 Å². The molecule has 0 aliphatic carbocycles. The lowest BCUT2D eigenvalue weighted by atomic mass is 10.2. The van der Waals surface area contributed by atoms with E-state index in [1.54, 1.807) is 18.3 Å². The molecule has 1 aromatic heterocycles. The Bertz CT molecular complexity index is 539. The van der Waals surface area contributed by atoms with Gasteiger partial charge in [0.1, 0.15) is 12.7 Å². The van der Waals surface area contributed by atoms with Crippen LogP contribution in [0.2, 0.25) is 5.02 Å². The van der Waals surface area contributed by atoms with E-state index in [2.05, 4.69) is 15.3 Å². The molecule has 1 aromatic carbocycles. The Kier molecular flexibility index (Phi) is 3.24. The second-order valence-electron chi connectivity index (χ2n) is 3.14. The van der Waals surface area contributed by atoms with Gasteiger partial charge in [0.15, 0.2) is 11.5 Å². The molecule has 0 aliphatic heterocycles. The van der Waals surface area contributed by atoms with Crippen molar-refractivity contribution in [2.24, 2.45) is 5.10 Å². The van der Waals surface area contributed by atoms with Gasteiger partial charge in [-0.2, -0.15) is 5.10 Å². The minimum absolute atomic E-state index is 0.0874. The van der Waals surface area contributed by atoms with Crippen LogP contribution < -0.4 is 4.74 Å². The van der Waals surface area contributed by atoms with Crippen molar-refractivity contribution in [3.8, 4) is 11.5 Å². The van der Waals surface area contributed by atoms with E-state index in [1.165, 1.54) is 24.4 Å². The molecule has 17 heavy (non-hydrogen) atoms. The van der Waals surface area contributed by atoms with Gasteiger partial charge in [-0.3, -0.25) is 0 Å². The largest absolute Gasteiger partial charge is 0.503 e. The average molecular weight is 253 g/mol. The number of methoxy groups -OCH3 is 1. The molecule has 0 bridgehead atoms. The van der Waals surface area contributed by atoms with E-state index in [-0.39, 0.29) is 10.8 Å². The first-order chi connectivity index (χ1) is 8.20. The summed E-state index contributed by atoms with van der Waals surface area (Å²) >= 11 is 5.84. The van der Waals surface area contributed by atoms with E-state index < -0.39 is 0 Å². The summed E-state index contributed by atoms with van der Waals surface area (Å²) < 4.78 is 6.41. The van der Waals surface area contributed by atoms with Crippen LogP contribution in [-0.2, 0) is 0 Å². The Morgan fingerprint density at radius 2 is 2.12 bits per heavy atom. The van der Waals surface area contributed by atoms with Gasteiger partial charge in [-0.15, -0.1) is 10.2 Å². The molecule has 0 radical (unpaired) electrons. The highest BCUT2D eigenvalue weighted by Crippen LogP contribution is 2.34. The summed E-state index contributed by atoms with van der Waals surface area (Å²) in [5.41, 5.74) is 0.693. The highest BCUT2D eigenvalue weighted by Gasteiger charge is 2.07. The second kappa shape index (κ2) is 4.84. The fourth-order valence-corrected chi connectivity index (χ4v) is 1.43. The van der Waals surface area contributed by atoms with Crippen LogP contribution in [0.3, 0.4) is 0 Å². The molecule has 6 nitrogen and oxygen atoms in total. The number of rotatable bonds is 3. The maximum absolute atomic E-state index is 9.55. The maximum atomic E-state index is 9.55. The Labute approximate surface area is 102 Å². The summed E-state index contributed by atoms with van der Waals surface area (Å²) in [4.78, 5) is 0. The van der Waals surface area contributed by atoms with E-state index in [0.29, 0.717) is 11.3 Å². The van der Waals surface area contributed by atoms with Crippen molar-refractivity contribution in [2.45, 2.75) is 0 Å². The van der Waals surface area contributed by atoms with Crippen molar-refractivity contribution >= 4 is 17.8 Å². The number of phenols is 1. The van der Waals surface area contributed by atoms with Crippen LogP contribution in [0.4, 0.5) is 0 Å². The van der Waals surface area contributed by atoms with Gasteiger partial charge in [-0.1, -0.05) is 11.6 Å². The summed E-state index contributed by atoms with van der Waals surface area (Å²) in [7, 11) is 1.45. The number of ether oxygens (including phenoxy) is 1. The summed E-state index contributed by atoms with van der Waals surface area (Å²) in [5, 5.41) is 21.0. The minimum atomic E-state index is -0.0874. The van der Waals surface area contributed by atoms with E-state index in [0.717, 1.165) is 0 Å². The molecule has 0 fully saturated rings. The van der Waals surface area contributed by atoms with Gasteiger partial charge in [0, 0.05) is 0 Å². The van der Waals surface area contributed by atoms with Crippen molar-refractivity contribution in [1.29, 1.82) is 0 Å². The Morgan fingerprint density at radius 1 is 1.41 bits per heavy atom. The molecular formula is C10H9ClN4O2. The minimum Gasteiger partial charge on any atom is -0.503 e. The van der Waals surface area contributed by atoms with Gasteiger partial charge in [0.2, 0.25) is 0 Å². The zero-order valence-electron chi connectivity index (χ0n) is 8.91. The SMILES string of the molecule is COc1cc(C=Nn2cnnc2)cc(Cl)c1O. The number of halogens is 1. The highest BCUT2D eigenvalue weighted by molar-refractivity contribution is 6.32. The maximum Gasteiger partial charge on any atom is 0.176 e. The van der Waals surface area contributed by atoms with Crippen molar-refractivity contribution in [3.63, 3.8) is 0 Å². The first-order valence-corrected chi connectivity index (χ1v) is 5.04. The van der Waals surface area contributed by atoms with Gasteiger partial charge >= 0.3 is 0 Å². The first kappa shape index (κ1) is 11.4. The molecule has 0 saturated heterocycles. The molecule has 0 aliphatic rings. The monoisotopic (exact) mass is 252 g/mol. The average Bonchev–Trinajstić information content (AvgIpc) is 2.83. The first-order valence-electron chi connectivity index (χ1n) is 4.66. The topological polar surface area (TPSA) is 72.5 Å². The van der Waals surface area contributed by atoms with Crippen molar-refractivity contribution < 1.29 is 9.84 Å². The zero-order valence-corrected chi connectivity index (χ0v) is 9.66. The molecule has 2 rings (SSSR count). The van der Waals surface area contributed by atoms with E-state index in [9.17, 15) is 5.11 Å². The molecule has 0 atom stereocenters. The Morgan fingerprint density at radius 3 is 2.76 bits per heavy atom. The summed E-state index contributed by atoms with van der Waals surface area (Å²) in [6.45, 7) is 0. The number of aromatic hydroxyl groups is 1. The Hall–Kier alpha value is -2.08. The van der Waals surface area contributed by atoms with Crippen LogP contribution in [0.1, 0.15) is 5.56 Å². The number of hydrogen-bond donors (Lipinski definition) is 1. The fraction of sp³-hybridized carbons (Fsp3) is 0.100. The van der Waals surface area contributed by atoms with Crippen LogP contribution in [0.15, 0.2) is 29.9 Å². The number of hydrogen-bond acceptors (Lipinski definition) is 5. The third-order valence-electron chi connectivity index (χ3n) is 2.02. The summed E-state index contributed by atoms with van der Waals surface area (Å²) in [6, 6.07) is 3.20. The molecule has 88 valence electrons. The van der Waals surface area contributed by atoms with E-state index in [4.69, 9.17) is 16.3 Å². The van der Waals surface area contributed by atoms with Gasteiger partial charge in [0.25, 0.3) is 0 Å². The van der Waals surface area contributed by atoms with Crippen molar-refractivity contribution in [3.05, 3.63) is 35.4 Å². The number of benzene rings is 1. The van der Waals surface area contributed by atoms with Gasteiger partial charge in [0.05, 0.1) is 18.3 Å². The predicted molar refractivity (Wildman–Crippen MR) is 62.7 cm³/mol. The van der Waals surface area contributed by atoms with Gasteiger partial charge < -0.3 is 9.84 Å². The molecule has 0 spiro atoms. The number of aromatic nitrogens is 3. The van der Waals surface area contributed by atoms with Crippen LogP contribution >= 0.6 is 11.6 Å². The van der Waals surface area contributed by atoms with Crippen LogP contribution in [0, 0.1) is 0 Å². The second-order valence-corrected chi connectivity index (χ2v) is 3.55. The molecule has 7 heteroatoms. The third-order valence-corrected chi connectivity index (χ3v) is 2.31. The standard InChI is InChI=1S/C10H9ClN4O2/c1-17-9-3-7(2-8(11)10(9)16)4-14-15-5-12-13-6-15/h2-6,16H,1H3. The number of nitrogens with zero attached hydrogens (tertiary/aromatic N) is 4. The van der Waals surface area contributed by atoms with E-state index in [1.807, 2.05) is 0 Å². The van der Waals surface area contributed by atoms with Crippen LogP contribution in [-0.4, -0.2) is 33.3 Å². The Balaban J connectivity index is 2.30. The smallest absolute Gasteiger partial charge is 0.176 e. The normalized spacial score (nSPS) is 10.9. The van der Waals surface area contributed by atoms with Crippen LogP contribution in [0.25, 0.3) is 0 Å². The van der Waals surface area contributed by atoms with E-state index >= 15 is 0 Å². The molecule has 2 aromatic rings. The lowest BCUT2D eigenvalue weighted by molar-refractivity contribution is 0.373.